The van der Waals surface area contributed by atoms with Crippen molar-refractivity contribution in [1.29, 1.82) is 0 Å². The first-order valence-electron chi connectivity index (χ1n) is 46.4. The fourth-order valence-electron chi connectivity index (χ4n) is 17.7. The minimum absolute atomic E-state index is 0.640. The monoisotopic (exact) mass is 1890 g/mol. The molecule has 0 radical (unpaired) electrons. The van der Waals surface area contributed by atoms with Crippen LogP contribution in [0.2, 0.25) is 0 Å². The van der Waals surface area contributed by atoms with Gasteiger partial charge in [-0.1, -0.05) is 400 Å². The number of benzene rings is 12. The number of hydrogen-bond donors (Lipinski definition) is 0. The van der Waals surface area contributed by atoms with Crippen LogP contribution in [0.25, 0.3) is 10.4 Å². The van der Waals surface area contributed by atoms with Gasteiger partial charge in [0.25, 0.3) is 0 Å². The molecular weight excluding hydrogens is 1750 g/mol. The number of unbranched alkanes of at least 4 members (excludes halogenated alkanes) is 28. The zero-order chi connectivity index (χ0) is 85.1. The third-order valence-corrected chi connectivity index (χ3v) is 43.8. The maximum atomic E-state index is 8.33. The minimum atomic E-state index is -1.71. The molecule has 0 saturated carbocycles. The molecule has 0 amide bonds. The van der Waals surface area contributed by atoms with E-state index in [4.69, 9.17) is 5.53 Å². The van der Waals surface area contributed by atoms with Crippen molar-refractivity contribution in [2.24, 2.45) is 5.11 Å². The zero-order valence-electron chi connectivity index (χ0n) is 73.2. The Morgan fingerprint density at radius 3 is 0.402 bits per heavy atom. The summed E-state index contributed by atoms with van der Waals surface area (Å²) in [5.41, 5.74) is 8.33. The van der Waals surface area contributed by atoms with Gasteiger partial charge in [0.1, 0.15) is 92.7 Å². The fraction of sp³-hybridized carbons (Fsp3) is 0.357. The standard InChI is InChI=1S/C46H50P2.C28H35BrP.C28H35N3P.C10H20Br2/c1(3-5-25-39-47(41-27-13-7-14-28-41,42-29-15-8-16-30-42)43-31-17-9-18-32-43)2-4-6-26-40-48(44-33-19-10-20-34-44,45-35-21-11-22-36-45)46-37-23-12-24-38-46;29-24-16-5-3-1-2-4-6-17-25-30(26-18-10-7-11-19-26,27-20-12-8-13-21-27)28-22-14-9-15-23-28;29-31-30-24-16-5-3-1-2-4-6-17-25-32(26-18-10-7-11-19-26,27-20-12-8-13-21-27)28-22-14-9-15-23-28;11-9-7-5-3-1-2-4-6-8-10-12/h7-24,27-38H,1-6,25-26,39-40H2;7-15,18-23H,1-6,16-17,24-25H2;7-15,18-23H,1-6,16-17,24-25H2;1-10H2/q+2;2*+1;. The molecule has 0 saturated heterocycles. The van der Waals surface area contributed by atoms with Crippen LogP contribution >= 0.6 is 76.8 Å². The van der Waals surface area contributed by atoms with Gasteiger partial charge in [0.15, 0.2) is 0 Å². The number of rotatable bonds is 53. The third-order valence-electron chi connectivity index (χ3n) is 24.1. The molecule has 640 valence electrons. The van der Waals surface area contributed by atoms with Crippen molar-refractivity contribution < 1.29 is 0 Å². The molecule has 3 nitrogen and oxygen atoms in total. The van der Waals surface area contributed by atoms with E-state index in [1.54, 1.807) is 0 Å². The van der Waals surface area contributed by atoms with Crippen LogP contribution in [-0.2, 0) is 0 Å². The van der Waals surface area contributed by atoms with E-state index in [1.807, 2.05) is 0 Å². The van der Waals surface area contributed by atoms with E-state index < -0.39 is 29.0 Å². The molecule has 0 atom stereocenters. The summed E-state index contributed by atoms with van der Waals surface area (Å²) in [7, 11) is -6.73. The summed E-state index contributed by atoms with van der Waals surface area (Å²) in [6.45, 7) is 0.640. The van der Waals surface area contributed by atoms with E-state index >= 15 is 0 Å². The van der Waals surface area contributed by atoms with Crippen LogP contribution in [0.4, 0.5) is 0 Å². The van der Waals surface area contributed by atoms with Crippen molar-refractivity contribution in [3.8, 4) is 0 Å². The summed E-state index contributed by atoms with van der Waals surface area (Å²) >= 11 is 10.4. The minimum Gasteiger partial charge on any atom is -0.0940 e. The van der Waals surface area contributed by atoms with Crippen molar-refractivity contribution in [3.05, 3.63) is 374 Å². The number of hydrogen-bond acceptors (Lipinski definition) is 1. The van der Waals surface area contributed by atoms with Crippen molar-refractivity contribution in [2.75, 3.05) is 47.2 Å². The Kier molecular flexibility index (Phi) is 49.2. The number of halogens is 3. The van der Waals surface area contributed by atoms with E-state index in [0.29, 0.717) is 6.54 Å². The average molecular weight is 1890 g/mol. The van der Waals surface area contributed by atoms with E-state index in [0.717, 1.165) is 11.8 Å². The smallest absolute Gasteiger partial charge is 0.0940 e. The van der Waals surface area contributed by atoms with Crippen LogP contribution in [0.1, 0.15) is 205 Å². The van der Waals surface area contributed by atoms with Gasteiger partial charge in [-0.15, -0.1) is 0 Å². The lowest BCUT2D eigenvalue weighted by Gasteiger charge is -2.28. The number of alkyl halides is 3. The molecule has 0 unspecified atom stereocenters. The Morgan fingerprint density at radius 2 is 0.279 bits per heavy atom. The molecule has 0 aliphatic heterocycles. The molecule has 12 aromatic rings. The predicted molar refractivity (Wildman–Crippen MR) is 563 cm³/mol. The zero-order valence-corrected chi connectivity index (χ0v) is 81.5. The van der Waals surface area contributed by atoms with Crippen molar-refractivity contribution in [1.82, 2.24) is 0 Å². The van der Waals surface area contributed by atoms with Crippen molar-refractivity contribution in [3.63, 3.8) is 0 Å². The maximum Gasteiger partial charge on any atom is 0.112 e. The maximum absolute atomic E-state index is 8.33. The van der Waals surface area contributed by atoms with Gasteiger partial charge in [-0.25, -0.2) is 0 Å². The van der Waals surface area contributed by atoms with E-state index in [-0.39, 0.29) is 0 Å². The quantitative estimate of drug-likeness (QED) is 0.00911. The first-order valence-corrected chi connectivity index (χ1v) is 57.7. The second-order valence-electron chi connectivity index (χ2n) is 32.5. The Morgan fingerprint density at radius 1 is 0.164 bits per heavy atom. The molecular formula is C112H140Br3N3P4+4. The van der Waals surface area contributed by atoms with Crippen LogP contribution in [0.15, 0.2) is 369 Å². The molecule has 0 fully saturated rings. The number of nitrogens with zero attached hydrogens (tertiary/aromatic N) is 3. The Bertz CT molecular complexity index is 4050. The van der Waals surface area contributed by atoms with Crippen LogP contribution < -0.4 is 63.7 Å². The summed E-state index contributed by atoms with van der Waals surface area (Å²) < 4.78 is 0. The molecule has 0 spiro atoms. The molecule has 0 aliphatic carbocycles. The van der Waals surface area contributed by atoms with Crippen molar-refractivity contribution in [2.45, 2.75) is 205 Å². The predicted octanol–water partition coefficient (Wildman–Crippen LogP) is 29.9. The van der Waals surface area contributed by atoms with Gasteiger partial charge in [0.05, 0.1) is 24.6 Å². The van der Waals surface area contributed by atoms with E-state index in [2.05, 4.69) is 422 Å². The second-order valence-corrected chi connectivity index (χ2v) is 49.3. The highest BCUT2D eigenvalue weighted by molar-refractivity contribution is 9.09. The molecule has 10 heteroatoms. The first kappa shape index (κ1) is 98.9. The van der Waals surface area contributed by atoms with Crippen LogP contribution in [0, 0.1) is 0 Å². The van der Waals surface area contributed by atoms with Gasteiger partial charge in [0.2, 0.25) is 0 Å². The van der Waals surface area contributed by atoms with E-state index in [9.17, 15) is 0 Å². The summed E-state index contributed by atoms with van der Waals surface area (Å²) in [6, 6.07) is 135. The Balaban J connectivity index is 0.000000200. The van der Waals surface area contributed by atoms with Gasteiger partial charge in [-0.05, 0) is 228 Å². The lowest BCUT2D eigenvalue weighted by atomic mass is 10.1. The van der Waals surface area contributed by atoms with Gasteiger partial charge < -0.3 is 0 Å². The summed E-state index contributed by atoms with van der Waals surface area (Å²) in [5, 5.41) is 25.1. The van der Waals surface area contributed by atoms with E-state index in [1.165, 1.54) is 298 Å². The molecule has 122 heavy (non-hydrogen) atoms. The number of azide groups is 1. The molecule has 0 N–H and O–H groups in total. The van der Waals surface area contributed by atoms with Gasteiger partial charge in [0, 0.05) is 27.4 Å². The third kappa shape index (κ3) is 31.9. The average Bonchev–Trinajstić information content (AvgIpc) is 0.779. The van der Waals surface area contributed by atoms with Gasteiger partial charge in [-0.2, -0.15) is 0 Å². The fourth-order valence-corrected chi connectivity index (χ4v) is 36.5. The SMILES string of the molecule is BrCCCCCCCCCCBr.BrCCCCCCCCCC[P+](c1ccccc1)(c1ccccc1)c1ccccc1.[N-]=[N+]=NCCCCCCCCCC[P+](c1ccccc1)(c1ccccc1)c1ccccc1.c1ccc([P+](CCCCCCCCCC[P+](c2ccccc2)(c2ccccc2)c2ccccc2)(c2ccccc2)c2ccccc2)cc1. The van der Waals surface area contributed by atoms with Gasteiger partial charge in [-0.3, -0.25) is 0 Å². The summed E-state index contributed by atoms with van der Waals surface area (Å²) in [6.07, 6.45) is 47.4. The molecule has 0 heterocycles. The lowest BCUT2D eigenvalue weighted by Crippen LogP contribution is -2.33. The molecule has 0 bridgehead atoms. The molecule has 0 aromatic heterocycles. The second kappa shape index (κ2) is 60.7. The largest absolute Gasteiger partial charge is 0.112 e. The van der Waals surface area contributed by atoms with Gasteiger partial charge >= 0.3 is 0 Å². The highest BCUT2D eigenvalue weighted by Gasteiger charge is 2.48. The van der Waals surface area contributed by atoms with Crippen molar-refractivity contribution >= 4 is 140 Å². The van der Waals surface area contributed by atoms with Crippen LogP contribution in [0.3, 0.4) is 0 Å². The Hall–Kier alpha value is -6.89. The lowest BCUT2D eigenvalue weighted by molar-refractivity contribution is 0.579. The normalized spacial score (nSPS) is 11.4. The molecule has 0 aliphatic rings. The van der Waals surface area contributed by atoms with Crippen LogP contribution in [-0.4, -0.2) is 47.2 Å². The Labute approximate surface area is 766 Å². The highest BCUT2D eigenvalue weighted by Crippen LogP contribution is 2.59. The van der Waals surface area contributed by atoms with Crippen LogP contribution in [0.5, 0.6) is 0 Å². The molecule has 12 aromatic carbocycles. The highest BCUT2D eigenvalue weighted by atomic mass is 79.9. The summed E-state index contributed by atoms with van der Waals surface area (Å²) in [5.74, 6) is 0. The first-order chi connectivity index (χ1) is 60.5. The molecule has 12 rings (SSSR count). The topological polar surface area (TPSA) is 48.8 Å². The summed E-state index contributed by atoms with van der Waals surface area (Å²) in [4.78, 5) is 2.82.